The molecule has 1 unspecified atom stereocenters. The molecule has 0 aliphatic carbocycles. The SMILES string of the molecule is COC.Cc1nn(O)c(C)c1C(=O)N1CCC(C)(N2CCC(Cc3ccc(C(F)(F)F)cc3)[C@@H](C)C2)CC1. The number of carbonyl (C=O) groups is 1. The lowest BCUT2D eigenvalue weighted by Gasteiger charge is -2.51. The number of aromatic nitrogens is 2. The molecule has 10 heteroatoms. The van der Waals surface area contributed by atoms with Crippen LogP contribution < -0.4 is 0 Å². The summed E-state index contributed by atoms with van der Waals surface area (Å²) in [6.45, 7) is 11.2. The van der Waals surface area contributed by atoms with Crippen molar-refractivity contribution in [3.63, 3.8) is 0 Å². The number of likely N-dealkylation sites (tertiary alicyclic amines) is 2. The lowest BCUT2D eigenvalue weighted by atomic mass is 9.78. The van der Waals surface area contributed by atoms with Gasteiger partial charge >= 0.3 is 6.18 Å². The Kier molecular flexibility index (Phi) is 9.52. The van der Waals surface area contributed by atoms with Crippen LogP contribution in [0.3, 0.4) is 0 Å². The molecule has 1 aromatic heterocycles. The van der Waals surface area contributed by atoms with Crippen LogP contribution in [0.1, 0.15) is 66.0 Å². The maximum absolute atomic E-state index is 13.1. The van der Waals surface area contributed by atoms with Crippen molar-refractivity contribution < 1.29 is 27.9 Å². The van der Waals surface area contributed by atoms with E-state index in [1.807, 2.05) is 4.90 Å². The normalized spacial score (nSPS) is 22.1. The molecule has 2 atom stereocenters. The molecule has 2 aliphatic rings. The molecule has 38 heavy (non-hydrogen) atoms. The predicted octanol–water partition coefficient (Wildman–Crippen LogP) is 5.21. The molecule has 2 aliphatic heterocycles. The zero-order chi connectivity index (χ0) is 28.3. The fourth-order valence-corrected chi connectivity index (χ4v) is 5.72. The van der Waals surface area contributed by atoms with Crippen molar-refractivity contribution in [3.8, 4) is 0 Å². The summed E-state index contributed by atoms with van der Waals surface area (Å²) in [6.07, 6.45) is -0.746. The van der Waals surface area contributed by atoms with E-state index in [2.05, 4.69) is 28.6 Å². The first kappa shape index (κ1) is 30.0. The molecule has 0 bridgehead atoms. The lowest BCUT2D eigenvalue weighted by molar-refractivity contribution is -0.137. The van der Waals surface area contributed by atoms with Crippen molar-refractivity contribution in [1.29, 1.82) is 0 Å². The predicted molar refractivity (Wildman–Crippen MR) is 139 cm³/mol. The third-order valence-corrected chi connectivity index (χ3v) is 8.24. The maximum Gasteiger partial charge on any atom is 0.416 e. The van der Waals surface area contributed by atoms with Crippen LogP contribution in [0.4, 0.5) is 13.2 Å². The van der Waals surface area contributed by atoms with Crippen LogP contribution in [0.5, 0.6) is 0 Å². The Morgan fingerprint density at radius 3 is 2.18 bits per heavy atom. The Morgan fingerprint density at radius 2 is 1.71 bits per heavy atom. The van der Waals surface area contributed by atoms with Gasteiger partial charge in [0.1, 0.15) is 0 Å². The number of alkyl halides is 3. The van der Waals surface area contributed by atoms with E-state index in [-0.39, 0.29) is 11.4 Å². The van der Waals surface area contributed by atoms with E-state index in [9.17, 15) is 23.2 Å². The van der Waals surface area contributed by atoms with Crippen molar-refractivity contribution in [2.24, 2.45) is 11.8 Å². The fourth-order valence-electron chi connectivity index (χ4n) is 5.72. The Bertz CT molecular complexity index is 1080. The van der Waals surface area contributed by atoms with Crippen LogP contribution >= 0.6 is 0 Å². The van der Waals surface area contributed by atoms with E-state index < -0.39 is 11.7 Å². The number of ether oxygens (including phenoxy) is 1. The van der Waals surface area contributed by atoms with Gasteiger partial charge in [-0.15, -0.1) is 9.94 Å². The van der Waals surface area contributed by atoms with Gasteiger partial charge in [-0.2, -0.15) is 13.2 Å². The van der Waals surface area contributed by atoms with Gasteiger partial charge in [-0.1, -0.05) is 19.1 Å². The maximum atomic E-state index is 13.1. The number of benzene rings is 1. The number of amides is 1. The van der Waals surface area contributed by atoms with E-state index >= 15 is 0 Å². The summed E-state index contributed by atoms with van der Waals surface area (Å²) in [6, 6.07) is 5.58. The molecular weight excluding hydrogens is 497 g/mol. The number of nitrogens with zero attached hydrogens (tertiary/aromatic N) is 4. The minimum Gasteiger partial charge on any atom is -0.411 e. The lowest BCUT2D eigenvalue weighted by Crippen LogP contribution is -2.58. The van der Waals surface area contributed by atoms with Crippen LogP contribution in [0, 0.1) is 25.7 Å². The first-order valence-corrected chi connectivity index (χ1v) is 13.2. The molecule has 0 radical (unpaired) electrons. The second-order valence-electron chi connectivity index (χ2n) is 11.0. The van der Waals surface area contributed by atoms with Gasteiger partial charge in [0.05, 0.1) is 22.5 Å². The van der Waals surface area contributed by atoms with Gasteiger partial charge in [-0.25, -0.2) is 0 Å². The Balaban J connectivity index is 0.00000127. The molecular formula is C28H41F3N4O3. The first-order valence-electron chi connectivity index (χ1n) is 13.2. The van der Waals surface area contributed by atoms with Crippen LogP contribution in [0.25, 0.3) is 0 Å². The van der Waals surface area contributed by atoms with E-state index in [0.717, 1.165) is 49.2 Å². The quantitative estimate of drug-likeness (QED) is 0.541. The molecule has 7 nitrogen and oxygen atoms in total. The van der Waals surface area contributed by atoms with Crippen LogP contribution in [-0.4, -0.2) is 76.8 Å². The molecule has 212 valence electrons. The number of hydrogen-bond donors (Lipinski definition) is 1. The summed E-state index contributed by atoms with van der Waals surface area (Å²) in [7, 11) is 3.25. The van der Waals surface area contributed by atoms with Gasteiger partial charge in [0, 0.05) is 39.4 Å². The van der Waals surface area contributed by atoms with E-state index in [1.165, 1.54) is 12.1 Å². The second-order valence-corrected chi connectivity index (χ2v) is 11.0. The van der Waals surface area contributed by atoms with E-state index in [0.29, 0.717) is 41.9 Å². The summed E-state index contributed by atoms with van der Waals surface area (Å²) in [5, 5.41) is 13.7. The minimum absolute atomic E-state index is 0.00954. The number of aryl methyl sites for hydroxylation is 1. The number of hydrogen-bond acceptors (Lipinski definition) is 5. The number of rotatable bonds is 4. The molecule has 2 aromatic rings. The fraction of sp³-hybridized carbons (Fsp3) is 0.643. The second kappa shape index (κ2) is 12.1. The van der Waals surface area contributed by atoms with Crippen molar-refractivity contribution in [3.05, 3.63) is 52.3 Å². The van der Waals surface area contributed by atoms with Crippen molar-refractivity contribution in [1.82, 2.24) is 19.7 Å². The molecule has 2 saturated heterocycles. The minimum atomic E-state index is -4.30. The first-order chi connectivity index (χ1) is 17.8. The summed E-state index contributed by atoms with van der Waals surface area (Å²) in [5.41, 5.74) is 1.84. The number of piperidine rings is 2. The molecule has 1 amide bonds. The standard InChI is InChI=1S/C26H35F3N4O2.C2H6O/c1-17-16-32(12-9-21(17)15-20-5-7-22(8-6-20)26(27,28)29)25(4)10-13-31(14-11-25)24(34)23-18(2)30-33(35)19(23)3;1-3-2/h5-8,17,21,35H,9-16H2,1-4H3;1-2H3/t17-,21?;/m0./s1. The smallest absolute Gasteiger partial charge is 0.411 e. The average molecular weight is 539 g/mol. The molecule has 4 rings (SSSR count). The third-order valence-electron chi connectivity index (χ3n) is 8.24. The molecule has 0 spiro atoms. The van der Waals surface area contributed by atoms with Gasteiger partial charge in [0.2, 0.25) is 0 Å². The topological polar surface area (TPSA) is 70.8 Å². The van der Waals surface area contributed by atoms with Gasteiger partial charge in [-0.05, 0) is 82.5 Å². The number of carbonyl (C=O) groups excluding carboxylic acids is 1. The van der Waals surface area contributed by atoms with Crippen molar-refractivity contribution in [2.75, 3.05) is 40.4 Å². The summed E-state index contributed by atoms with van der Waals surface area (Å²) in [5.74, 6) is 0.795. The number of methoxy groups -OCH3 is 1. The highest BCUT2D eigenvalue weighted by Gasteiger charge is 2.41. The van der Waals surface area contributed by atoms with Crippen LogP contribution in [0.2, 0.25) is 0 Å². The highest BCUT2D eigenvalue weighted by Crippen LogP contribution is 2.36. The molecule has 1 N–H and O–H groups in total. The van der Waals surface area contributed by atoms with Gasteiger partial charge in [0.25, 0.3) is 5.91 Å². The highest BCUT2D eigenvalue weighted by atomic mass is 19.4. The van der Waals surface area contributed by atoms with E-state index in [1.54, 1.807) is 40.2 Å². The highest BCUT2D eigenvalue weighted by molar-refractivity contribution is 5.96. The average Bonchev–Trinajstić information content (AvgIpc) is 3.11. The van der Waals surface area contributed by atoms with Gasteiger partial charge in [0.15, 0.2) is 0 Å². The largest absolute Gasteiger partial charge is 0.416 e. The van der Waals surface area contributed by atoms with E-state index in [4.69, 9.17) is 0 Å². The molecule has 1 aromatic carbocycles. The summed E-state index contributed by atoms with van der Waals surface area (Å²) in [4.78, 5) is 18.3. The van der Waals surface area contributed by atoms with Crippen molar-refractivity contribution >= 4 is 5.91 Å². The Hall–Kier alpha value is -2.59. The van der Waals surface area contributed by atoms with Crippen LogP contribution in [-0.2, 0) is 17.3 Å². The van der Waals surface area contributed by atoms with Crippen LogP contribution in [0.15, 0.2) is 24.3 Å². The summed E-state index contributed by atoms with van der Waals surface area (Å²) >= 11 is 0. The Morgan fingerprint density at radius 1 is 1.13 bits per heavy atom. The van der Waals surface area contributed by atoms with Gasteiger partial charge < -0.3 is 14.8 Å². The number of halogens is 3. The Labute approximate surface area is 223 Å². The zero-order valence-electron chi connectivity index (χ0n) is 23.3. The molecule has 3 heterocycles. The molecule has 0 saturated carbocycles. The molecule has 2 fully saturated rings. The third kappa shape index (κ3) is 6.69. The van der Waals surface area contributed by atoms with Crippen molar-refractivity contribution in [2.45, 2.75) is 65.1 Å². The summed E-state index contributed by atoms with van der Waals surface area (Å²) < 4.78 is 42.8. The van der Waals surface area contributed by atoms with Gasteiger partial charge in [-0.3, -0.25) is 9.69 Å². The monoisotopic (exact) mass is 538 g/mol. The zero-order valence-corrected chi connectivity index (χ0v) is 23.3.